The second kappa shape index (κ2) is 9.63. The zero-order valence-corrected chi connectivity index (χ0v) is 19.6. The number of ether oxygens (including phenoxy) is 1. The molecule has 31 heavy (non-hydrogen) atoms. The Morgan fingerprint density at radius 2 is 1.68 bits per heavy atom. The predicted octanol–water partition coefficient (Wildman–Crippen LogP) is 6.87. The minimum atomic E-state index is -0.154. The van der Waals surface area contributed by atoms with Crippen molar-refractivity contribution in [3.8, 4) is 17.2 Å². The topological polar surface area (TPSA) is 70.6 Å². The summed E-state index contributed by atoms with van der Waals surface area (Å²) in [4.78, 5) is 12.6. The van der Waals surface area contributed by atoms with E-state index < -0.39 is 0 Å². The fourth-order valence-electron chi connectivity index (χ4n) is 4.64. The van der Waals surface area contributed by atoms with Crippen LogP contribution in [0.2, 0.25) is 0 Å². The summed E-state index contributed by atoms with van der Waals surface area (Å²) >= 11 is 0. The standard InChI is InChI=1S/C26H36N2O3/c1-15(2)22-14-21(10-11-23(22)29)31-25-18(5)12-20(13-19(25)6)27-26(30)28-24-16(3)8-7-9-17(24)4/h10-17,24,29H,7-9H2,1-6H3,(H2,27,28,30). The van der Waals surface area contributed by atoms with E-state index in [4.69, 9.17) is 4.74 Å². The number of anilines is 1. The third kappa shape index (κ3) is 5.52. The van der Waals surface area contributed by atoms with Crippen LogP contribution in [0.5, 0.6) is 17.2 Å². The molecule has 2 unspecified atom stereocenters. The lowest BCUT2D eigenvalue weighted by molar-refractivity contribution is 0.202. The van der Waals surface area contributed by atoms with Crippen LogP contribution in [0.25, 0.3) is 0 Å². The first-order valence-corrected chi connectivity index (χ1v) is 11.3. The summed E-state index contributed by atoms with van der Waals surface area (Å²) in [6.07, 6.45) is 3.56. The Labute approximate surface area is 186 Å². The number of nitrogens with one attached hydrogen (secondary N) is 2. The number of urea groups is 1. The minimum Gasteiger partial charge on any atom is -0.508 e. The number of hydrogen-bond donors (Lipinski definition) is 3. The van der Waals surface area contributed by atoms with Gasteiger partial charge in [0, 0.05) is 17.3 Å². The highest BCUT2D eigenvalue weighted by molar-refractivity contribution is 5.90. The molecule has 0 bridgehead atoms. The molecule has 0 radical (unpaired) electrons. The molecule has 2 amide bonds. The van der Waals surface area contributed by atoms with E-state index in [1.165, 1.54) is 6.42 Å². The molecule has 1 fully saturated rings. The highest BCUT2D eigenvalue weighted by Gasteiger charge is 2.29. The number of amides is 2. The molecule has 2 atom stereocenters. The molecule has 2 aromatic rings. The Morgan fingerprint density at radius 3 is 2.26 bits per heavy atom. The minimum absolute atomic E-state index is 0.154. The van der Waals surface area contributed by atoms with Gasteiger partial charge in [-0.25, -0.2) is 4.79 Å². The number of aryl methyl sites for hydroxylation is 2. The maximum Gasteiger partial charge on any atom is 0.319 e. The number of hydrogen-bond acceptors (Lipinski definition) is 3. The molecule has 1 aliphatic rings. The van der Waals surface area contributed by atoms with Gasteiger partial charge in [0.15, 0.2) is 0 Å². The molecule has 0 spiro atoms. The Kier molecular flexibility index (Phi) is 7.14. The van der Waals surface area contributed by atoms with Crippen LogP contribution in [0, 0.1) is 25.7 Å². The lowest BCUT2D eigenvalue weighted by atomic mass is 9.79. The Morgan fingerprint density at radius 1 is 1.06 bits per heavy atom. The van der Waals surface area contributed by atoms with E-state index in [0.717, 1.165) is 41.0 Å². The van der Waals surface area contributed by atoms with Gasteiger partial charge in [-0.1, -0.05) is 34.1 Å². The van der Waals surface area contributed by atoms with Crippen LogP contribution in [-0.2, 0) is 0 Å². The van der Waals surface area contributed by atoms with E-state index in [1.54, 1.807) is 12.1 Å². The monoisotopic (exact) mass is 424 g/mol. The smallest absolute Gasteiger partial charge is 0.319 e. The Hall–Kier alpha value is -2.69. The molecule has 1 aliphatic carbocycles. The Balaban J connectivity index is 1.72. The highest BCUT2D eigenvalue weighted by atomic mass is 16.5. The van der Waals surface area contributed by atoms with Gasteiger partial charge in [-0.2, -0.15) is 0 Å². The van der Waals surface area contributed by atoms with Gasteiger partial charge >= 0.3 is 6.03 Å². The van der Waals surface area contributed by atoms with Gasteiger partial charge in [-0.05, 0) is 85.9 Å². The zero-order chi connectivity index (χ0) is 22.7. The van der Waals surface area contributed by atoms with Crippen molar-refractivity contribution < 1.29 is 14.6 Å². The molecule has 2 aromatic carbocycles. The zero-order valence-electron chi connectivity index (χ0n) is 19.6. The summed E-state index contributed by atoms with van der Waals surface area (Å²) < 4.78 is 6.16. The van der Waals surface area contributed by atoms with Crippen molar-refractivity contribution in [2.24, 2.45) is 11.8 Å². The van der Waals surface area contributed by atoms with Gasteiger partial charge in [0.05, 0.1) is 0 Å². The molecule has 1 saturated carbocycles. The van der Waals surface area contributed by atoms with Crippen LogP contribution in [0.15, 0.2) is 30.3 Å². The summed E-state index contributed by atoms with van der Waals surface area (Å²) in [6, 6.07) is 9.24. The van der Waals surface area contributed by atoms with Crippen LogP contribution in [0.4, 0.5) is 10.5 Å². The fourth-order valence-corrected chi connectivity index (χ4v) is 4.64. The number of phenols is 1. The average Bonchev–Trinajstić information content (AvgIpc) is 2.68. The lowest BCUT2D eigenvalue weighted by Crippen LogP contribution is -2.47. The number of rotatable bonds is 5. The average molecular weight is 425 g/mol. The first kappa shape index (κ1) is 23.0. The van der Waals surface area contributed by atoms with Crippen LogP contribution in [-0.4, -0.2) is 17.2 Å². The van der Waals surface area contributed by atoms with Gasteiger partial charge in [0.2, 0.25) is 0 Å². The molecular weight excluding hydrogens is 388 g/mol. The molecule has 0 heterocycles. The normalized spacial score (nSPS) is 21.1. The Bertz CT molecular complexity index is 905. The summed E-state index contributed by atoms with van der Waals surface area (Å²) in [6.45, 7) is 12.5. The maximum absolute atomic E-state index is 12.6. The van der Waals surface area contributed by atoms with Crippen molar-refractivity contribution >= 4 is 11.7 Å². The predicted molar refractivity (Wildman–Crippen MR) is 126 cm³/mol. The van der Waals surface area contributed by atoms with E-state index >= 15 is 0 Å². The second-order valence-corrected chi connectivity index (χ2v) is 9.43. The number of benzene rings is 2. The second-order valence-electron chi connectivity index (χ2n) is 9.43. The van der Waals surface area contributed by atoms with Gasteiger partial charge < -0.3 is 20.5 Å². The van der Waals surface area contributed by atoms with Crippen molar-refractivity contribution in [1.82, 2.24) is 5.32 Å². The van der Waals surface area contributed by atoms with Crippen LogP contribution < -0.4 is 15.4 Å². The van der Waals surface area contributed by atoms with E-state index in [9.17, 15) is 9.90 Å². The van der Waals surface area contributed by atoms with Crippen LogP contribution in [0.3, 0.4) is 0 Å². The number of carbonyl (C=O) groups excluding carboxylic acids is 1. The van der Waals surface area contributed by atoms with E-state index in [-0.39, 0.29) is 23.7 Å². The quantitative estimate of drug-likeness (QED) is 0.490. The number of carbonyl (C=O) groups is 1. The van der Waals surface area contributed by atoms with Crippen molar-refractivity contribution in [2.45, 2.75) is 72.8 Å². The first-order chi connectivity index (χ1) is 14.7. The maximum atomic E-state index is 12.6. The summed E-state index contributed by atoms with van der Waals surface area (Å²) in [5, 5.41) is 16.2. The van der Waals surface area contributed by atoms with Crippen LogP contribution in [0.1, 0.15) is 69.6 Å². The third-order valence-corrected chi connectivity index (χ3v) is 6.40. The molecule has 5 nitrogen and oxygen atoms in total. The molecular formula is C26H36N2O3. The van der Waals surface area contributed by atoms with Gasteiger partial charge in [-0.15, -0.1) is 0 Å². The number of aromatic hydroxyl groups is 1. The van der Waals surface area contributed by atoms with E-state index in [2.05, 4.69) is 24.5 Å². The number of phenolic OH excluding ortho intramolecular Hbond substituents is 1. The lowest BCUT2D eigenvalue weighted by Gasteiger charge is -2.35. The summed E-state index contributed by atoms with van der Waals surface area (Å²) in [5.41, 5.74) is 3.49. The molecule has 0 aromatic heterocycles. The molecule has 0 aliphatic heterocycles. The largest absolute Gasteiger partial charge is 0.508 e. The first-order valence-electron chi connectivity index (χ1n) is 11.3. The van der Waals surface area contributed by atoms with Gasteiger partial charge in [0.1, 0.15) is 17.2 Å². The molecule has 3 N–H and O–H groups in total. The highest BCUT2D eigenvalue weighted by Crippen LogP contribution is 2.35. The summed E-state index contributed by atoms with van der Waals surface area (Å²) in [5.74, 6) is 2.92. The summed E-state index contributed by atoms with van der Waals surface area (Å²) in [7, 11) is 0. The van der Waals surface area contributed by atoms with Crippen molar-refractivity contribution in [2.75, 3.05) is 5.32 Å². The van der Waals surface area contributed by atoms with Crippen molar-refractivity contribution in [3.05, 3.63) is 47.0 Å². The molecule has 5 heteroatoms. The van der Waals surface area contributed by atoms with E-state index in [0.29, 0.717) is 17.6 Å². The fraction of sp³-hybridized carbons (Fsp3) is 0.500. The van der Waals surface area contributed by atoms with Crippen molar-refractivity contribution in [3.63, 3.8) is 0 Å². The third-order valence-electron chi connectivity index (χ3n) is 6.40. The molecule has 0 saturated heterocycles. The van der Waals surface area contributed by atoms with Gasteiger partial charge in [0.25, 0.3) is 0 Å². The molecule has 168 valence electrons. The van der Waals surface area contributed by atoms with Crippen LogP contribution >= 0.6 is 0 Å². The van der Waals surface area contributed by atoms with Crippen molar-refractivity contribution in [1.29, 1.82) is 0 Å². The van der Waals surface area contributed by atoms with E-state index in [1.807, 2.05) is 45.9 Å². The molecule has 3 rings (SSSR count). The van der Waals surface area contributed by atoms with Gasteiger partial charge in [-0.3, -0.25) is 0 Å². The SMILES string of the molecule is Cc1cc(NC(=O)NC2C(C)CCCC2C)cc(C)c1Oc1ccc(O)c(C(C)C)c1.